The first-order chi connectivity index (χ1) is 3.29. The average molecular weight is 134 g/mol. The van der Waals surface area contributed by atoms with Gasteiger partial charge in [0.25, 0.3) is 0 Å². The molecule has 2 heteroatoms. The van der Waals surface area contributed by atoms with Gasteiger partial charge in [0.15, 0.2) is 0 Å². The Kier molecular flexibility index (Phi) is 1.65. The zero-order chi connectivity index (χ0) is 5.28. The van der Waals surface area contributed by atoms with Gasteiger partial charge in [-0.25, -0.2) is 0 Å². The summed E-state index contributed by atoms with van der Waals surface area (Å²) in [4.78, 5) is 0. The minimum absolute atomic E-state index is 0.975. The third kappa shape index (κ3) is 1.39. The molecule has 0 atom stereocenters. The highest BCUT2D eigenvalue weighted by molar-refractivity contribution is 8.05. The molecule has 0 aromatic heterocycles. The summed E-state index contributed by atoms with van der Waals surface area (Å²) in [6, 6.07) is 0. The van der Waals surface area contributed by atoms with E-state index in [0.29, 0.717) is 0 Å². The Labute approximate surface area is 52.9 Å². The Bertz CT molecular complexity index is 98.3. The Balaban J connectivity index is 2.42. The Morgan fingerprint density at radius 3 is 2.71 bits per heavy atom. The van der Waals surface area contributed by atoms with Gasteiger partial charge in [-0.3, -0.25) is 0 Å². The van der Waals surface area contributed by atoms with E-state index in [2.05, 4.69) is 6.92 Å². The molecule has 0 unspecified atom stereocenters. The lowest BCUT2D eigenvalue weighted by Crippen LogP contribution is -1.72. The highest BCUT2D eigenvalue weighted by atomic mass is 35.5. The molecule has 0 spiro atoms. The molecule has 0 saturated heterocycles. The number of rotatable bonds is 0. The van der Waals surface area contributed by atoms with Crippen molar-refractivity contribution in [1.29, 1.82) is 0 Å². The van der Waals surface area contributed by atoms with Crippen molar-refractivity contribution in [3.05, 3.63) is 15.7 Å². The molecular formula is C5H6ClS. The smallest absolute Gasteiger partial charge is 0.0373 e. The molecule has 1 radical (unpaired) electrons. The first-order valence-electron chi connectivity index (χ1n) is 2.12. The molecule has 1 aliphatic heterocycles. The van der Waals surface area contributed by atoms with Crippen LogP contribution in [0.5, 0.6) is 0 Å². The van der Waals surface area contributed by atoms with Gasteiger partial charge in [-0.2, -0.15) is 0 Å². The molecule has 1 rings (SSSR count). The second-order valence-corrected chi connectivity index (χ2v) is 3.22. The lowest BCUT2D eigenvalue weighted by Gasteiger charge is -1.91. The molecule has 0 aromatic rings. The van der Waals surface area contributed by atoms with Crippen LogP contribution in [0.1, 0.15) is 13.3 Å². The molecule has 1 aliphatic rings. The van der Waals surface area contributed by atoms with Crippen LogP contribution in [0, 0.1) is 5.25 Å². The molecule has 0 saturated carbocycles. The minimum Gasteiger partial charge on any atom is -0.125 e. The second kappa shape index (κ2) is 2.10. The first-order valence-corrected chi connectivity index (χ1v) is 3.38. The lowest BCUT2D eigenvalue weighted by atomic mass is 10.3. The quantitative estimate of drug-likeness (QED) is 0.490. The topological polar surface area (TPSA) is 0 Å². The van der Waals surface area contributed by atoms with Crippen molar-refractivity contribution in [3.63, 3.8) is 0 Å². The molecule has 39 valence electrons. The van der Waals surface area contributed by atoms with Crippen LogP contribution in [-0.4, -0.2) is 0 Å². The average Bonchev–Trinajstić information content (AvgIpc) is 1.87. The standard InChI is InChI=1S/C5H6ClS/c1-4-2-5(6)3-7-4/h3H,2H2,1H3. The van der Waals surface area contributed by atoms with Gasteiger partial charge < -0.3 is 0 Å². The van der Waals surface area contributed by atoms with Crippen molar-refractivity contribution in [1.82, 2.24) is 0 Å². The summed E-state index contributed by atoms with van der Waals surface area (Å²) < 4.78 is 0. The first kappa shape index (κ1) is 5.52. The van der Waals surface area contributed by atoms with Crippen molar-refractivity contribution in [2.24, 2.45) is 0 Å². The molecule has 7 heavy (non-hydrogen) atoms. The van der Waals surface area contributed by atoms with Crippen LogP contribution in [0.2, 0.25) is 0 Å². The second-order valence-electron chi connectivity index (χ2n) is 1.56. The van der Waals surface area contributed by atoms with E-state index in [-0.39, 0.29) is 0 Å². The zero-order valence-electron chi connectivity index (χ0n) is 4.07. The van der Waals surface area contributed by atoms with Gasteiger partial charge in [0.1, 0.15) is 0 Å². The maximum absolute atomic E-state index is 5.63. The summed E-state index contributed by atoms with van der Waals surface area (Å²) in [5, 5.41) is 4.35. The monoisotopic (exact) mass is 133 g/mol. The fraction of sp³-hybridized carbons (Fsp3) is 0.400. The third-order valence-corrected chi connectivity index (χ3v) is 2.13. The molecule has 0 nitrogen and oxygen atoms in total. The van der Waals surface area contributed by atoms with Crippen molar-refractivity contribution in [2.45, 2.75) is 13.3 Å². The van der Waals surface area contributed by atoms with Crippen LogP contribution in [0.15, 0.2) is 10.4 Å². The van der Waals surface area contributed by atoms with E-state index in [1.807, 2.05) is 5.41 Å². The summed E-state index contributed by atoms with van der Waals surface area (Å²) in [6.45, 7) is 2.09. The number of hydrogen-bond donors (Lipinski definition) is 0. The van der Waals surface area contributed by atoms with Gasteiger partial charge in [0.05, 0.1) is 0 Å². The fourth-order valence-corrected chi connectivity index (χ4v) is 1.55. The number of halogens is 1. The van der Waals surface area contributed by atoms with Gasteiger partial charge in [-0.05, 0) is 18.8 Å². The van der Waals surface area contributed by atoms with E-state index in [1.165, 1.54) is 5.25 Å². The minimum atomic E-state index is 0.975. The third-order valence-electron chi connectivity index (χ3n) is 0.806. The van der Waals surface area contributed by atoms with E-state index >= 15 is 0 Å². The molecular weight excluding hydrogens is 128 g/mol. The predicted octanol–water partition coefficient (Wildman–Crippen LogP) is 2.76. The fourth-order valence-electron chi connectivity index (χ4n) is 0.486. The molecule has 0 bridgehead atoms. The zero-order valence-corrected chi connectivity index (χ0v) is 5.64. The van der Waals surface area contributed by atoms with Gasteiger partial charge in [0, 0.05) is 10.3 Å². The van der Waals surface area contributed by atoms with Crippen molar-refractivity contribution >= 4 is 23.4 Å². The SMILES string of the molecule is C[C]1CC(Cl)=CS1. The molecule has 0 fully saturated rings. The maximum Gasteiger partial charge on any atom is 0.0373 e. The molecule has 0 amide bonds. The van der Waals surface area contributed by atoms with Crippen molar-refractivity contribution < 1.29 is 0 Å². The summed E-state index contributed by atoms with van der Waals surface area (Å²) in [7, 11) is 0. The van der Waals surface area contributed by atoms with Crippen LogP contribution in [0.4, 0.5) is 0 Å². The Hall–Kier alpha value is 0.380. The van der Waals surface area contributed by atoms with Crippen LogP contribution in [0.3, 0.4) is 0 Å². The van der Waals surface area contributed by atoms with E-state index in [4.69, 9.17) is 11.6 Å². The highest BCUT2D eigenvalue weighted by Crippen LogP contribution is 2.37. The normalized spacial score (nSPS) is 22.9. The van der Waals surface area contributed by atoms with Crippen LogP contribution in [0.25, 0.3) is 0 Å². The summed E-state index contributed by atoms with van der Waals surface area (Å²) in [5.41, 5.74) is 0. The molecule has 0 aliphatic carbocycles. The van der Waals surface area contributed by atoms with Gasteiger partial charge >= 0.3 is 0 Å². The van der Waals surface area contributed by atoms with Crippen LogP contribution >= 0.6 is 23.4 Å². The summed E-state index contributed by atoms with van der Waals surface area (Å²) in [5.74, 6) is 0. The van der Waals surface area contributed by atoms with Gasteiger partial charge in [0.2, 0.25) is 0 Å². The Morgan fingerprint density at radius 1 is 1.86 bits per heavy atom. The van der Waals surface area contributed by atoms with E-state index in [9.17, 15) is 0 Å². The van der Waals surface area contributed by atoms with E-state index in [0.717, 1.165) is 11.5 Å². The largest absolute Gasteiger partial charge is 0.125 e. The Morgan fingerprint density at radius 2 is 2.57 bits per heavy atom. The summed E-state index contributed by atoms with van der Waals surface area (Å²) >= 11 is 7.35. The molecule has 0 aromatic carbocycles. The van der Waals surface area contributed by atoms with E-state index < -0.39 is 0 Å². The van der Waals surface area contributed by atoms with E-state index in [1.54, 1.807) is 11.8 Å². The van der Waals surface area contributed by atoms with Gasteiger partial charge in [-0.15, -0.1) is 11.8 Å². The predicted molar refractivity (Wildman–Crippen MR) is 35.1 cm³/mol. The van der Waals surface area contributed by atoms with Crippen LogP contribution < -0.4 is 0 Å². The molecule has 1 heterocycles. The number of allylic oxidation sites excluding steroid dienone is 1. The van der Waals surface area contributed by atoms with Crippen molar-refractivity contribution in [2.75, 3.05) is 0 Å². The van der Waals surface area contributed by atoms with Gasteiger partial charge in [-0.1, -0.05) is 11.6 Å². The maximum atomic E-state index is 5.63. The lowest BCUT2D eigenvalue weighted by molar-refractivity contribution is 1.17. The number of hydrogen-bond acceptors (Lipinski definition) is 1. The highest BCUT2D eigenvalue weighted by Gasteiger charge is 2.10. The van der Waals surface area contributed by atoms with Crippen LogP contribution in [-0.2, 0) is 0 Å². The van der Waals surface area contributed by atoms with Crippen molar-refractivity contribution in [3.8, 4) is 0 Å². The number of thioether (sulfide) groups is 1. The molecule has 0 N–H and O–H groups in total. The summed E-state index contributed by atoms with van der Waals surface area (Å²) in [6.07, 6.45) is 0.978.